The second kappa shape index (κ2) is 3.64. The van der Waals surface area contributed by atoms with Gasteiger partial charge in [0.05, 0.1) is 0 Å². The molecule has 0 spiro atoms. The van der Waals surface area contributed by atoms with Crippen molar-refractivity contribution in [2.75, 3.05) is 5.75 Å². The summed E-state index contributed by atoms with van der Waals surface area (Å²) in [4.78, 5) is 2.33. The lowest BCUT2D eigenvalue weighted by atomic mass is 11.0. The van der Waals surface area contributed by atoms with Gasteiger partial charge in [-0.3, -0.25) is 4.21 Å². The van der Waals surface area contributed by atoms with Crippen LogP contribution in [0.3, 0.4) is 0 Å². The topological polar surface area (TPSA) is 65.8 Å². The highest BCUT2D eigenvalue weighted by atomic mass is 32.2. The molecule has 0 aliphatic carbocycles. The van der Waals surface area contributed by atoms with Gasteiger partial charge in [-0.05, 0) is 5.53 Å². The van der Waals surface area contributed by atoms with Crippen LogP contribution in [0.2, 0.25) is 0 Å². The SMILES string of the molecule is CCS(=O)N=[N+]=[N-]. The van der Waals surface area contributed by atoms with Crippen molar-refractivity contribution in [2.45, 2.75) is 6.92 Å². The Morgan fingerprint density at radius 1 is 2.00 bits per heavy atom. The Hall–Kier alpha value is -0.540. The minimum absolute atomic E-state index is 0.393. The number of hydrogen-bond donors (Lipinski definition) is 0. The summed E-state index contributed by atoms with van der Waals surface area (Å²) in [5, 5.41) is 0. The van der Waals surface area contributed by atoms with E-state index in [2.05, 4.69) is 9.43 Å². The van der Waals surface area contributed by atoms with Crippen molar-refractivity contribution < 1.29 is 4.21 Å². The van der Waals surface area contributed by atoms with Crippen molar-refractivity contribution in [2.24, 2.45) is 4.52 Å². The van der Waals surface area contributed by atoms with E-state index < -0.39 is 11.0 Å². The molecule has 0 aliphatic rings. The van der Waals surface area contributed by atoms with Gasteiger partial charge in [0.25, 0.3) is 0 Å². The number of nitrogens with zero attached hydrogens (tertiary/aromatic N) is 3. The Bertz CT molecular complexity index is 116. The number of azide groups is 1. The van der Waals surface area contributed by atoms with E-state index in [1.807, 2.05) is 0 Å². The standard InChI is InChI=1S/C2H5N3OS/c1-2-7(6)5-4-3/h2H2,1H3. The highest BCUT2D eigenvalue weighted by molar-refractivity contribution is 7.83. The van der Waals surface area contributed by atoms with Gasteiger partial charge in [-0.15, -0.1) is 0 Å². The lowest BCUT2D eigenvalue weighted by Crippen LogP contribution is -1.82. The fourth-order valence-electron chi connectivity index (χ4n) is 0.0985. The minimum Gasteiger partial charge on any atom is -0.252 e. The van der Waals surface area contributed by atoms with Crippen LogP contribution in [-0.2, 0) is 11.0 Å². The maximum atomic E-state index is 10.1. The highest BCUT2D eigenvalue weighted by Crippen LogP contribution is 1.80. The van der Waals surface area contributed by atoms with Crippen LogP contribution >= 0.6 is 0 Å². The molecule has 0 fully saturated rings. The summed E-state index contributed by atoms with van der Waals surface area (Å²) in [7, 11) is -1.32. The summed E-state index contributed by atoms with van der Waals surface area (Å²) in [5.74, 6) is 0.393. The Morgan fingerprint density at radius 2 is 2.57 bits per heavy atom. The summed E-state index contributed by atoms with van der Waals surface area (Å²) in [6, 6.07) is 0. The molecule has 0 aromatic heterocycles. The van der Waals surface area contributed by atoms with Gasteiger partial charge in [0.2, 0.25) is 0 Å². The largest absolute Gasteiger partial charge is 0.252 e. The molecule has 0 N–H and O–H groups in total. The molecule has 1 unspecified atom stereocenters. The lowest BCUT2D eigenvalue weighted by molar-refractivity contribution is 0.685. The summed E-state index contributed by atoms with van der Waals surface area (Å²) >= 11 is 0. The summed E-state index contributed by atoms with van der Waals surface area (Å²) < 4.78 is 13.0. The Balaban J connectivity index is 3.58. The fraction of sp³-hybridized carbons (Fsp3) is 1.00. The van der Waals surface area contributed by atoms with Crippen molar-refractivity contribution >= 4 is 11.0 Å². The Morgan fingerprint density at radius 3 is 2.71 bits per heavy atom. The molecular weight excluding hydrogens is 114 g/mol. The van der Waals surface area contributed by atoms with Gasteiger partial charge >= 0.3 is 0 Å². The van der Waals surface area contributed by atoms with Crippen molar-refractivity contribution in [3.8, 4) is 0 Å². The second-order valence-corrected chi connectivity index (χ2v) is 2.16. The predicted molar refractivity (Wildman–Crippen MR) is 27.8 cm³/mol. The van der Waals surface area contributed by atoms with Gasteiger partial charge in [-0.1, -0.05) is 6.92 Å². The van der Waals surface area contributed by atoms with Crippen LogP contribution in [0.5, 0.6) is 0 Å². The summed E-state index contributed by atoms with van der Waals surface area (Å²) in [5.41, 5.74) is 7.63. The Kier molecular flexibility index (Phi) is 3.36. The van der Waals surface area contributed by atoms with Crippen molar-refractivity contribution in [1.82, 2.24) is 0 Å². The van der Waals surface area contributed by atoms with E-state index in [9.17, 15) is 4.21 Å². The zero-order valence-corrected chi connectivity index (χ0v) is 4.68. The molecular formula is C2H5N3OS. The maximum absolute atomic E-state index is 10.1. The predicted octanol–water partition coefficient (Wildman–Crippen LogP) is 0.980. The highest BCUT2D eigenvalue weighted by Gasteiger charge is 1.82. The first-order valence-electron chi connectivity index (χ1n) is 1.75. The molecule has 0 radical (unpaired) electrons. The first kappa shape index (κ1) is 6.46. The van der Waals surface area contributed by atoms with Crippen LogP contribution in [0.25, 0.3) is 10.4 Å². The molecule has 0 aromatic rings. The van der Waals surface area contributed by atoms with Gasteiger partial charge in [0.1, 0.15) is 11.0 Å². The third kappa shape index (κ3) is 3.29. The van der Waals surface area contributed by atoms with E-state index in [-0.39, 0.29) is 0 Å². The molecule has 0 aromatic carbocycles. The zero-order chi connectivity index (χ0) is 5.70. The van der Waals surface area contributed by atoms with Crippen LogP contribution in [0.15, 0.2) is 4.52 Å². The zero-order valence-electron chi connectivity index (χ0n) is 3.87. The summed E-state index contributed by atoms with van der Waals surface area (Å²) in [6.45, 7) is 1.69. The van der Waals surface area contributed by atoms with Crippen molar-refractivity contribution in [1.29, 1.82) is 0 Å². The molecule has 0 amide bonds. The average molecular weight is 119 g/mol. The quantitative estimate of drug-likeness (QED) is 0.303. The van der Waals surface area contributed by atoms with E-state index in [0.717, 1.165) is 0 Å². The first-order chi connectivity index (χ1) is 3.31. The number of hydrogen-bond acceptors (Lipinski definition) is 1. The molecule has 1 atom stereocenters. The number of rotatable bonds is 2. The van der Waals surface area contributed by atoms with Crippen LogP contribution in [0.1, 0.15) is 6.92 Å². The van der Waals surface area contributed by atoms with Gasteiger partial charge in [0, 0.05) is 15.2 Å². The minimum atomic E-state index is -1.32. The van der Waals surface area contributed by atoms with Gasteiger partial charge in [-0.2, -0.15) is 0 Å². The van der Waals surface area contributed by atoms with Crippen LogP contribution in [0, 0.1) is 0 Å². The molecule has 40 valence electrons. The molecule has 4 nitrogen and oxygen atoms in total. The van der Waals surface area contributed by atoms with Crippen molar-refractivity contribution in [3.63, 3.8) is 0 Å². The molecule has 0 saturated carbocycles. The molecule has 7 heavy (non-hydrogen) atoms. The van der Waals surface area contributed by atoms with E-state index in [0.29, 0.717) is 5.75 Å². The monoisotopic (exact) mass is 119 g/mol. The molecule has 0 heterocycles. The average Bonchev–Trinajstić information content (AvgIpc) is 1.68. The smallest absolute Gasteiger partial charge is 0.111 e. The third-order valence-electron chi connectivity index (χ3n) is 0.375. The van der Waals surface area contributed by atoms with Crippen LogP contribution < -0.4 is 0 Å². The van der Waals surface area contributed by atoms with E-state index in [4.69, 9.17) is 5.53 Å². The lowest BCUT2D eigenvalue weighted by Gasteiger charge is -1.76. The molecule has 0 bridgehead atoms. The normalized spacial score (nSPS) is 12.1. The molecule has 5 heteroatoms. The Labute approximate surface area is 43.7 Å². The molecule has 0 aliphatic heterocycles. The van der Waals surface area contributed by atoms with Gasteiger partial charge in [0.15, 0.2) is 0 Å². The van der Waals surface area contributed by atoms with Crippen molar-refractivity contribution in [3.05, 3.63) is 10.4 Å². The van der Waals surface area contributed by atoms with Gasteiger partial charge in [-0.25, -0.2) is 0 Å². The maximum Gasteiger partial charge on any atom is 0.111 e. The third-order valence-corrected chi connectivity index (χ3v) is 1.12. The fourth-order valence-corrected chi connectivity index (χ4v) is 0.295. The van der Waals surface area contributed by atoms with E-state index in [1.165, 1.54) is 0 Å². The van der Waals surface area contributed by atoms with Crippen LogP contribution in [-0.4, -0.2) is 9.96 Å². The molecule has 0 rings (SSSR count). The second-order valence-electron chi connectivity index (χ2n) is 0.781. The van der Waals surface area contributed by atoms with E-state index >= 15 is 0 Å². The molecule has 0 saturated heterocycles. The van der Waals surface area contributed by atoms with Gasteiger partial charge < -0.3 is 0 Å². The first-order valence-corrected chi connectivity index (χ1v) is 3.02. The van der Waals surface area contributed by atoms with E-state index in [1.54, 1.807) is 6.92 Å². The van der Waals surface area contributed by atoms with Crippen LogP contribution in [0.4, 0.5) is 0 Å². The summed E-state index contributed by atoms with van der Waals surface area (Å²) in [6.07, 6.45) is 0.